The molecule has 0 aliphatic heterocycles. The molecule has 0 fully saturated rings. The molecular formula is C4H10INO. The SMILES string of the molecule is CCC[C@H](I)ON. The summed E-state index contributed by atoms with van der Waals surface area (Å²) < 4.78 is 0.197. The molecule has 0 amide bonds. The van der Waals surface area contributed by atoms with Gasteiger partial charge < -0.3 is 0 Å². The fourth-order valence-corrected chi connectivity index (χ4v) is 0.918. The third-order valence-corrected chi connectivity index (χ3v) is 1.58. The number of nitrogens with two attached hydrogens (primary N) is 1. The average Bonchev–Trinajstić information content (AvgIpc) is 1.68. The van der Waals surface area contributed by atoms with Gasteiger partial charge in [-0.2, -0.15) is 0 Å². The van der Waals surface area contributed by atoms with Crippen LogP contribution in [-0.2, 0) is 4.84 Å². The lowest BCUT2D eigenvalue weighted by Gasteiger charge is -2.01. The number of halogens is 1. The van der Waals surface area contributed by atoms with E-state index in [1.807, 2.05) is 0 Å². The molecule has 0 radical (unpaired) electrons. The Hall–Kier alpha value is 0.650. The van der Waals surface area contributed by atoms with Gasteiger partial charge in [0.1, 0.15) is 4.11 Å². The van der Waals surface area contributed by atoms with Crippen LogP contribution in [0.25, 0.3) is 0 Å². The standard InChI is InChI=1S/C4H10INO/c1-2-3-4(5)7-6/h4H,2-3,6H2,1H3/t4-/m1/s1. The maximum Gasteiger partial charge on any atom is 0.129 e. The van der Waals surface area contributed by atoms with E-state index < -0.39 is 0 Å². The van der Waals surface area contributed by atoms with Crippen molar-refractivity contribution in [2.24, 2.45) is 5.90 Å². The summed E-state index contributed by atoms with van der Waals surface area (Å²) >= 11 is 2.16. The molecule has 0 saturated heterocycles. The number of hydrogen-bond donors (Lipinski definition) is 1. The zero-order chi connectivity index (χ0) is 5.70. The van der Waals surface area contributed by atoms with Crippen molar-refractivity contribution in [1.82, 2.24) is 0 Å². The largest absolute Gasteiger partial charge is 0.291 e. The van der Waals surface area contributed by atoms with Crippen molar-refractivity contribution in [3.8, 4) is 0 Å². The second-order valence-electron chi connectivity index (χ2n) is 1.33. The minimum Gasteiger partial charge on any atom is -0.291 e. The van der Waals surface area contributed by atoms with Crippen LogP contribution in [0.1, 0.15) is 19.8 Å². The van der Waals surface area contributed by atoms with Crippen LogP contribution in [0.15, 0.2) is 0 Å². The molecule has 44 valence electrons. The number of alkyl halides is 1. The van der Waals surface area contributed by atoms with Gasteiger partial charge in [0, 0.05) is 0 Å². The fourth-order valence-electron chi connectivity index (χ4n) is 0.295. The van der Waals surface area contributed by atoms with Crippen LogP contribution >= 0.6 is 22.6 Å². The van der Waals surface area contributed by atoms with Crippen molar-refractivity contribution in [3.05, 3.63) is 0 Å². The van der Waals surface area contributed by atoms with E-state index in [0.29, 0.717) is 0 Å². The van der Waals surface area contributed by atoms with E-state index in [1.54, 1.807) is 0 Å². The molecule has 7 heavy (non-hydrogen) atoms. The van der Waals surface area contributed by atoms with Crippen LogP contribution in [0.5, 0.6) is 0 Å². The van der Waals surface area contributed by atoms with E-state index in [1.165, 1.54) is 0 Å². The van der Waals surface area contributed by atoms with Crippen molar-refractivity contribution >= 4 is 22.6 Å². The highest BCUT2D eigenvalue weighted by Gasteiger charge is 1.96. The zero-order valence-corrected chi connectivity index (χ0v) is 6.51. The second-order valence-corrected chi connectivity index (χ2v) is 2.72. The van der Waals surface area contributed by atoms with E-state index >= 15 is 0 Å². The summed E-state index contributed by atoms with van der Waals surface area (Å²) in [6.45, 7) is 2.10. The molecule has 0 rings (SSSR count). The Morgan fingerprint density at radius 1 is 1.86 bits per heavy atom. The van der Waals surface area contributed by atoms with Crippen LogP contribution in [-0.4, -0.2) is 4.11 Å². The maximum atomic E-state index is 4.85. The van der Waals surface area contributed by atoms with E-state index in [-0.39, 0.29) is 4.11 Å². The van der Waals surface area contributed by atoms with Gasteiger partial charge in [-0.05, 0) is 29.0 Å². The predicted octanol–water partition coefficient (Wildman–Crippen LogP) is 1.44. The van der Waals surface area contributed by atoms with Gasteiger partial charge in [0.2, 0.25) is 0 Å². The summed E-state index contributed by atoms with van der Waals surface area (Å²) in [5, 5.41) is 0. The van der Waals surface area contributed by atoms with Gasteiger partial charge >= 0.3 is 0 Å². The highest BCUT2D eigenvalue weighted by atomic mass is 127. The number of rotatable bonds is 3. The molecule has 2 nitrogen and oxygen atoms in total. The first kappa shape index (κ1) is 7.65. The molecule has 2 N–H and O–H groups in total. The first-order valence-electron chi connectivity index (χ1n) is 2.30. The molecule has 0 aliphatic carbocycles. The molecule has 0 bridgehead atoms. The summed E-state index contributed by atoms with van der Waals surface area (Å²) in [6.07, 6.45) is 2.17. The molecular weight excluding hydrogens is 205 g/mol. The number of hydrogen-bond acceptors (Lipinski definition) is 2. The van der Waals surface area contributed by atoms with E-state index in [2.05, 4.69) is 34.4 Å². The highest BCUT2D eigenvalue weighted by molar-refractivity contribution is 14.1. The predicted molar refractivity (Wildman–Crippen MR) is 38.0 cm³/mol. The fraction of sp³-hybridized carbons (Fsp3) is 1.00. The van der Waals surface area contributed by atoms with Crippen LogP contribution in [0, 0.1) is 0 Å². The van der Waals surface area contributed by atoms with Crippen molar-refractivity contribution in [1.29, 1.82) is 0 Å². The summed E-state index contributed by atoms with van der Waals surface area (Å²) in [6, 6.07) is 0. The summed E-state index contributed by atoms with van der Waals surface area (Å²) in [4.78, 5) is 4.48. The van der Waals surface area contributed by atoms with Crippen LogP contribution in [0.4, 0.5) is 0 Å². The lowest BCUT2D eigenvalue weighted by atomic mass is 10.4. The van der Waals surface area contributed by atoms with Gasteiger partial charge in [0.25, 0.3) is 0 Å². The maximum absolute atomic E-state index is 4.85. The third kappa shape index (κ3) is 4.50. The normalized spacial score (nSPS) is 14.1. The molecule has 0 aromatic heterocycles. The molecule has 1 atom stereocenters. The van der Waals surface area contributed by atoms with Crippen molar-refractivity contribution < 1.29 is 4.84 Å². The van der Waals surface area contributed by atoms with E-state index in [4.69, 9.17) is 5.90 Å². The summed E-state index contributed by atoms with van der Waals surface area (Å²) in [5.74, 6) is 4.85. The Morgan fingerprint density at radius 3 is 2.57 bits per heavy atom. The second kappa shape index (κ2) is 4.80. The van der Waals surface area contributed by atoms with Crippen LogP contribution < -0.4 is 5.90 Å². The molecule has 0 aliphatic rings. The smallest absolute Gasteiger partial charge is 0.129 e. The molecule has 0 spiro atoms. The van der Waals surface area contributed by atoms with Gasteiger partial charge in [-0.3, -0.25) is 4.84 Å². The first-order valence-corrected chi connectivity index (χ1v) is 3.55. The minimum absolute atomic E-state index is 0.197. The summed E-state index contributed by atoms with van der Waals surface area (Å²) in [7, 11) is 0. The van der Waals surface area contributed by atoms with E-state index in [9.17, 15) is 0 Å². The minimum atomic E-state index is 0.197. The Labute approximate surface area is 57.5 Å². The van der Waals surface area contributed by atoms with Crippen molar-refractivity contribution in [2.75, 3.05) is 0 Å². The molecule has 0 saturated carbocycles. The van der Waals surface area contributed by atoms with Gasteiger partial charge in [-0.25, -0.2) is 5.90 Å². The van der Waals surface area contributed by atoms with Gasteiger partial charge in [0.05, 0.1) is 0 Å². The quantitative estimate of drug-likeness (QED) is 0.439. The van der Waals surface area contributed by atoms with Gasteiger partial charge in [-0.1, -0.05) is 13.3 Å². The molecule has 0 aromatic carbocycles. The van der Waals surface area contributed by atoms with Crippen LogP contribution in [0.3, 0.4) is 0 Å². The van der Waals surface area contributed by atoms with Crippen LogP contribution in [0.2, 0.25) is 0 Å². The molecule has 0 unspecified atom stereocenters. The lowest BCUT2D eigenvalue weighted by Crippen LogP contribution is -2.08. The lowest BCUT2D eigenvalue weighted by molar-refractivity contribution is 0.120. The Bertz CT molecular complexity index is 42.7. The molecule has 0 heterocycles. The molecule has 3 heteroatoms. The van der Waals surface area contributed by atoms with E-state index in [0.717, 1.165) is 12.8 Å². The van der Waals surface area contributed by atoms with Gasteiger partial charge in [-0.15, -0.1) is 0 Å². The highest BCUT2D eigenvalue weighted by Crippen LogP contribution is 2.06. The average molecular weight is 215 g/mol. The Morgan fingerprint density at radius 2 is 2.43 bits per heavy atom. The summed E-state index contributed by atoms with van der Waals surface area (Å²) in [5.41, 5.74) is 0. The van der Waals surface area contributed by atoms with Crippen molar-refractivity contribution in [2.45, 2.75) is 23.9 Å². The zero-order valence-electron chi connectivity index (χ0n) is 4.36. The topological polar surface area (TPSA) is 35.2 Å². The molecule has 0 aromatic rings. The Balaban J connectivity index is 2.83. The third-order valence-electron chi connectivity index (χ3n) is 0.663. The first-order chi connectivity index (χ1) is 3.31. The van der Waals surface area contributed by atoms with Gasteiger partial charge in [0.15, 0.2) is 0 Å². The Kier molecular flexibility index (Phi) is 5.25. The monoisotopic (exact) mass is 215 g/mol. The van der Waals surface area contributed by atoms with Crippen molar-refractivity contribution in [3.63, 3.8) is 0 Å².